The maximum Gasteiger partial charge on any atom is 0.0785 e. The normalized spacial score (nSPS) is 26.8. The average molecular weight is 277 g/mol. The Hall–Kier alpha value is -1.03. The topological polar surface area (TPSA) is 37.0 Å². The summed E-state index contributed by atoms with van der Waals surface area (Å²) in [6.45, 7) is 1.90. The van der Waals surface area contributed by atoms with Crippen molar-refractivity contribution < 1.29 is 4.74 Å². The van der Waals surface area contributed by atoms with Gasteiger partial charge in [-0.3, -0.25) is 0 Å². The zero-order valence-electron chi connectivity index (χ0n) is 10.7. The molecule has 0 bridgehead atoms. The molecule has 1 aromatic carbocycles. The summed E-state index contributed by atoms with van der Waals surface area (Å²) in [5.41, 5.74) is 3.90. The number of benzene rings is 1. The first-order chi connectivity index (χ1) is 9.33. The van der Waals surface area contributed by atoms with Gasteiger partial charge >= 0.3 is 0 Å². The predicted octanol–water partition coefficient (Wildman–Crippen LogP) is 3.19. The van der Waals surface area contributed by atoms with Crippen molar-refractivity contribution in [3.8, 4) is 0 Å². The predicted molar refractivity (Wildman–Crippen MR) is 76.7 cm³/mol. The molecule has 2 aliphatic heterocycles. The third-order valence-corrected chi connectivity index (χ3v) is 4.52. The van der Waals surface area contributed by atoms with E-state index in [1.165, 1.54) is 28.6 Å². The molecule has 2 unspecified atom stereocenters. The highest BCUT2D eigenvalue weighted by molar-refractivity contribution is 6.31. The standard InChI is InChI=1S/C15H17ClN2O/c16-9-3-4-12-11(8-9)10-5-6-17-15(14(10)18-12)13-2-1-7-19-13/h3-4,8,13,15,17-18H,1-2,5-7H2. The van der Waals surface area contributed by atoms with E-state index in [2.05, 4.69) is 22.4 Å². The number of aromatic amines is 1. The highest BCUT2D eigenvalue weighted by Crippen LogP contribution is 2.35. The molecule has 19 heavy (non-hydrogen) atoms. The van der Waals surface area contributed by atoms with Gasteiger partial charge in [0.15, 0.2) is 0 Å². The van der Waals surface area contributed by atoms with Crippen LogP contribution >= 0.6 is 11.6 Å². The van der Waals surface area contributed by atoms with Crippen molar-refractivity contribution in [2.45, 2.75) is 31.4 Å². The van der Waals surface area contributed by atoms with E-state index >= 15 is 0 Å². The van der Waals surface area contributed by atoms with E-state index in [0.717, 1.165) is 31.0 Å². The highest BCUT2D eigenvalue weighted by Gasteiger charge is 2.32. The van der Waals surface area contributed by atoms with E-state index in [0.29, 0.717) is 12.1 Å². The minimum absolute atomic E-state index is 0.303. The van der Waals surface area contributed by atoms with Gasteiger partial charge in [0, 0.05) is 28.2 Å². The second kappa shape index (κ2) is 4.51. The molecule has 0 amide bonds. The molecule has 2 atom stereocenters. The van der Waals surface area contributed by atoms with E-state index < -0.39 is 0 Å². The van der Waals surface area contributed by atoms with Crippen LogP contribution in [0, 0.1) is 0 Å². The average Bonchev–Trinajstić information content (AvgIpc) is 3.05. The lowest BCUT2D eigenvalue weighted by Gasteiger charge is -2.28. The van der Waals surface area contributed by atoms with Crippen LogP contribution in [0.2, 0.25) is 5.02 Å². The Morgan fingerprint density at radius 3 is 3.11 bits per heavy atom. The second-order valence-electron chi connectivity index (χ2n) is 5.44. The van der Waals surface area contributed by atoms with Gasteiger partial charge in [-0.05, 0) is 49.6 Å². The Morgan fingerprint density at radius 1 is 1.32 bits per heavy atom. The van der Waals surface area contributed by atoms with Crippen molar-refractivity contribution in [2.75, 3.05) is 13.2 Å². The van der Waals surface area contributed by atoms with Crippen LogP contribution in [0.1, 0.15) is 30.1 Å². The summed E-state index contributed by atoms with van der Waals surface area (Å²) in [7, 11) is 0. The number of H-pyrrole nitrogens is 1. The van der Waals surface area contributed by atoms with Crippen molar-refractivity contribution in [1.29, 1.82) is 0 Å². The molecule has 0 spiro atoms. The maximum absolute atomic E-state index is 6.13. The summed E-state index contributed by atoms with van der Waals surface area (Å²) in [5.74, 6) is 0. The minimum atomic E-state index is 0.303. The van der Waals surface area contributed by atoms with Gasteiger partial charge in [-0.2, -0.15) is 0 Å². The lowest BCUT2D eigenvalue weighted by atomic mass is 9.95. The van der Waals surface area contributed by atoms with Gasteiger partial charge in [0.1, 0.15) is 0 Å². The molecule has 4 rings (SSSR count). The molecule has 2 aliphatic rings. The van der Waals surface area contributed by atoms with Crippen LogP contribution in [-0.2, 0) is 11.2 Å². The monoisotopic (exact) mass is 276 g/mol. The van der Waals surface area contributed by atoms with Gasteiger partial charge in [0.25, 0.3) is 0 Å². The number of nitrogens with one attached hydrogen (secondary N) is 2. The van der Waals surface area contributed by atoms with Gasteiger partial charge in [-0.15, -0.1) is 0 Å². The number of halogens is 1. The van der Waals surface area contributed by atoms with Crippen LogP contribution in [-0.4, -0.2) is 24.2 Å². The van der Waals surface area contributed by atoms with Crippen molar-refractivity contribution >= 4 is 22.5 Å². The van der Waals surface area contributed by atoms with Crippen LogP contribution in [0.4, 0.5) is 0 Å². The molecule has 4 heteroatoms. The molecule has 3 nitrogen and oxygen atoms in total. The van der Waals surface area contributed by atoms with Crippen molar-refractivity contribution in [3.05, 3.63) is 34.5 Å². The lowest BCUT2D eigenvalue weighted by Crippen LogP contribution is -2.37. The quantitative estimate of drug-likeness (QED) is 0.839. The van der Waals surface area contributed by atoms with Gasteiger partial charge < -0.3 is 15.0 Å². The zero-order chi connectivity index (χ0) is 12.8. The SMILES string of the molecule is Clc1ccc2[nH]c3c(c2c1)CCNC3C1CCCO1. The highest BCUT2D eigenvalue weighted by atomic mass is 35.5. The maximum atomic E-state index is 6.13. The fourth-order valence-corrected chi connectivity index (χ4v) is 3.59. The summed E-state index contributed by atoms with van der Waals surface area (Å²) in [5, 5.41) is 5.68. The molecule has 0 aliphatic carbocycles. The summed E-state index contributed by atoms with van der Waals surface area (Å²) < 4.78 is 5.86. The number of hydrogen-bond acceptors (Lipinski definition) is 2. The van der Waals surface area contributed by atoms with Crippen LogP contribution in [0.3, 0.4) is 0 Å². The third kappa shape index (κ3) is 1.88. The number of hydrogen-bond donors (Lipinski definition) is 2. The molecular formula is C15H17ClN2O. The number of rotatable bonds is 1. The minimum Gasteiger partial charge on any atom is -0.376 e. The van der Waals surface area contributed by atoms with Crippen molar-refractivity contribution in [1.82, 2.24) is 10.3 Å². The molecule has 2 N–H and O–H groups in total. The van der Waals surface area contributed by atoms with E-state index in [1.54, 1.807) is 0 Å². The van der Waals surface area contributed by atoms with E-state index in [-0.39, 0.29) is 0 Å². The van der Waals surface area contributed by atoms with Crippen molar-refractivity contribution in [2.24, 2.45) is 0 Å². The molecule has 0 radical (unpaired) electrons. The molecule has 100 valence electrons. The summed E-state index contributed by atoms with van der Waals surface area (Å²) >= 11 is 6.13. The number of aromatic nitrogens is 1. The van der Waals surface area contributed by atoms with Gasteiger partial charge in [-0.25, -0.2) is 0 Å². The van der Waals surface area contributed by atoms with Crippen molar-refractivity contribution in [3.63, 3.8) is 0 Å². The summed E-state index contributed by atoms with van der Waals surface area (Å²) in [6, 6.07) is 6.39. The summed E-state index contributed by atoms with van der Waals surface area (Å²) in [4.78, 5) is 3.57. The Morgan fingerprint density at radius 2 is 2.26 bits per heavy atom. The Bertz CT molecular complexity index is 616. The zero-order valence-corrected chi connectivity index (χ0v) is 11.5. The molecule has 3 heterocycles. The Balaban J connectivity index is 1.83. The van der Waals surface area contributed by atoms with Crippen LogP contribution in [0.25, 0.3) is 10.9 Å². The first-order valence-corrected chi connectivity index (χ1v) is 7.36. The van der Waals surface area contributed by atoms with Crippen LogP contribution in [0.5, 0.6) is 0 Å². The van der Waals surface area contributed by atoms with E-state index in [1.807, 2.05) is 6.07 Å². The Kier molecular flexibility index (Phi) is 2.79. The van der Waals surface area contributed by atoms with E-state index in [4.69, 9.17) is 16.3 Å². The number of ether oxygens (including phenoxy) is 1. The fraction of sp³-hybridized carbons (Fsp3) is 0.467. The third-order valence-electron chi connectivity index (χ3n) is 4.29. The molecule has 1 saturated heterocycles. The van der Waals surface area contributed by atoms with Gasteiger partial charge in [0.05, 0.1) is 12.1 Å². The van der Waals surface area contributed by atoms with E-state index in [9.17, 15) is 0 Å². The fourth-order valence-electron chi connectivity index (χ4n) is 3.41. The summed E-state index contributed by atoms with van der Waals surface area (Å²) in [6.07, 6.45) is 3.68. The lowest BCUT2D eigenvalue weighted by molar-refractivity contribution is 0.0752. The molecule has 2 aromatic rings. The molecule has 1 fully saturated rings. The second-order valence-corrected chi connectivity index (χ2v) is 5.88. The van der Waals surface area contributed by atoms with Gasteiger partial charge in [-0.1, -0.05) is 11.6 Å². The number of fused-ring (bicyclic) bond motifs is 3. The largest absolute Gasteiger partial charge is 0.376 e. The van der Waals surface area contributed by atoms with Gasteiger partial charge in [0.2, 0.25) is 0 Å². The van der Waals surface area contributed by atoms with Crippen LogP contribution in [0.15, 0.2) is 18.2 Å². The van der Waals surface area contributed by atoms with Crippen LogP contribution < -0.4 is 5.32 Å². The molecule has 0 saturated carbocycles. The Labute approximate surface area is 117 Å². The molecule has 1 aromatic heterocycles. The molecular weight excluding hydrogens is 260 g/mol. The first-order valence-electron chi connectivity index (χ1n) is 6.98. The first kappa shape index (κ1) is 11.8. The smallest absolute Gasteiger partial charge is 0.0785 e.